The van der Waals surface area contributed by atoms with Gasteiger partial charge in [-0.2, -0.15) is 4.98 Å². The Morgan fingerprint density at radius 3 is 2.68 bits per heavy atom. The van der Waals surface area contributed by atoms with Crippen molar-refractivity contribution in [3.63, 3.8) is 0 Å². The number of hydrogen-bond donors (Lipinski definition) is 2. The lowest BCUT2D eigenvalue weighted by molar-refractivity contribution is 0.101. The first-order valence-corrected chi connectivity index (χ1v) is 5.72. The molecule has 0 aliphatic heterocycles. The van der Waals surface area contributed by atoms with E-state index >= 15 is 0 Å². The number of carbonyl (C=O) groups excluding carboxylic acids is 1. The van der Waals surface area contributed by atoms with Crippen LogP contribution in [-0.2, 0) is 11.3 Å². The highest BCUT2D eigenvalue weighted by Gasteiger charge is 2.18. The zero-order chi connectivity index (χ0) is 13.7. The van der Waals surface area contributed by atoms with Crippen molar-refractivity contribution in [2.24, 2.45) is 0 Å². The standard InChI is InChI=1S/C13H15N3O3/c1-18-8-10-11(16-13(15-10)19-2)12(17)14-9-6-4-3-5-7-9/h3-7H,8H2,1-2H3,(H,14,17)(H,15,16). The van der Waals surface area contributed by atoms with E-state index in [1.54, 1.807) is 19.2 Å². The zero-order valence-corrected chi connectivity index (χ0v) is 10.8. The van der Waals surface area contributed by atoms with Crippen LogP contribution < -0.4 is 10.1 Å². The number of nitrogens with zero attached hydrogens (tertiary/aromatic N) is 1. The van der Waals surface area contributed by atoms with E-state index in [1.165, 1.54) is 7.11 Å². The van der Waals surface area contributed by atoms with Gasteiger partial charge < -0.3 is 19.8 Å². The molecule has 1 heterocycles. The van der Waals surface area contributed by atoms with Crippen LogP contribution in [0, 0.1) is 0 Å². The van der Waals surface area contributed by atoms with Crippen molar-refractivity contribution in [1.82, 2.24) is 9.97 Å². The fraction of sp³-hybridized carbons (Fsp3) is 0.231. The minimum Gasteiger partial charge on any atom is -0.468 e. The Hall–Kier alpha value is -2.34. The molecule has 0 fully saturated rings. The lowest BCUT2D eigenvalue weighted by Crippen LogP contribution is -2.14. The Morgan fingerprint density at radius 1 is 1.32 bits per heavy atom. The molecule has 100 valence electrons. The summed E-state index contributed by atoms with van der Waals surface area (Å²) in [5.41, 5.74) is 1.55. The van der Waals surface area contributed by atoms with E-state index in [0.29, 0.717) is 11.4 Å². The van der Waals surface area contributed by atoms with Gasteiger partial charge in [0.15, 0.2) is 5.69 Å². The van der Waals surface area contributed by atoms with E-state index in [4.69, 9.17) is 9.47 Å². The lowest BCUT2D eigenvalue weighted by atomic mass is 10.3. The summed E-state index contributed by atoms with van der Waals surface area (Å²) in [6.45, 7) is 0.258. The van der Waals surface area contributed by atoms with Crippen molar-refractivity contribution in [2.45, 2.75) is 6.61 Å². The minimum absolute atomic E-state index is 0.258. The Morgan fingerprint density at radius 2 is 2.05 bits per heavy atom. The van der Waals surface area contributed by atoms with Crippen molar-refractivity contribution in [3.8, 4) is 6.01 Å². The Labute approximate surface area is 110 Å². The number of aromatic amines is 1. The molecule has 19 heavy (non-hydrogen) atoms. The molecule has 1 aromatic carbocycles. The number of hydrogen-bond acceptors (Lipinski definition) is 4. The molecule has 2 rings (SSSR count). The molecular formula is C13H15N3O3. The SMILES string of the molecule is COCc1[nH]c(OC)nc1C(=O)Nc1ccccc1. The lowest BCUT2D eigenvalue weighted by Gasteiger charge is -2.04. The van der Waals surface area contributed by atoms with Crippen LogP contribution in [0.1, 0.15) is 16.2 Å². The zero-order valence-electron chi connectivity index (χ0n) is 10.8. The summed E-state index contributed by atoms with van der Waals surface area (Å²) in [6, 6.07) is 9.46. The molecule has 2 aromatic rings. The topological polar surface area (TPSA) is 76.2 Å². The number of anilines is 1. The molecule has 0 saturated heterocycles. The monoisotopic (exact) mass is 261 g/mol. The highest BCUT2D eigenvalue weighted by atomic mass is 16.5. The van der Waals surface area contributed by atoms with Gasteiger partial charge in [0.05, 0.1) is 19.4 Å². The maximum absolute atomic E-state index is 12.1. The fourth-order valence-corrected chi connectivity index (χ4v) is 1.63. The molecule has 0 saturated carbocycles. The van der Waals surface area contributed by atoms with Crippen molar-refractivity contribution in [2.75, 3.05) is 19.5 Å². The summed E-state index contributed by atoms with van der Waals surface area (Å²) in [6.07, 6.45) is 0. The second-order valence-electron chi connectivity index (χ2n) is 3.83. The van der Waals surface area contributed by atoms with Gasteiger partial charge >= 0.3 is 0 Å². The Balaban J connectivity index is 2.20. The van der Waals surface area contributed by atoms with E-state index in [9.17, 15) is 4.79 Å². The summed E-state index contributed by atoms with van der Waals surface area (Å²) >= 11 is 0. The van der Waals surface area contributed by atoms with Crippen LogP contribution in [0.2, 0.25) is 0 Å². The predicted octanol–water partition coefficient (Wildman–Crippen LogP) is 1.82. The number of nitrogens with one attached hydrogen (secondary N) is 2. The maximum atomic E-state index is 12.1. The van der Waals surface area contributed by atoms with Gasteiger partial charge in [-0.1, -0.05) is 18.2 Å². The first kappa shape index (κ1) is 13.1. The van der Waals surface area contributed by atoms with Crippen molar-refractivity contribution in [1.29, 1.82) is 0 Å². The van der Waals surface area contributed by atoms with E-state index in [1.807, 2.05) is 18.2 Å². The number of aromatic nitrogens is 2. The molecular weight excluding hydrogens is 246 g/mol. The number of carbonyl (C=O) groups is 1. The predicted molar refractivity (Wildman–Crippen MR) is 70.2 cm³/mol. The molecule has 0 spiro atoms. The van der Waals surface area contributed by atoms with Crippen LogP contribution in [0.3, 0.4) is 0 Å². The Kier molecular flexibility index (Phi) is 4.15. The van der Waals surface area contributed by atoms with Gasteiger partial charge in [0.1, 0.15) is 0 Å². The van der Waals surface area contributed by atoms with Gasteiger partial charge in [0, 0.05) is 12.8 Å². The van der Waals surface area contributed by atoms with Crippen LogP contribution >= 0.6 is 0 Å². The number of ether oxygens (including phenoxy) is 2. The van der Waals surface area contributed by atoms with E-state index in [-0.39, 0.29) is 24.2 Å². The summed E-state index contributed by atoms with van der Waals surface area (Å²) in [4.78, 5) is 19.1. The second-order valence-corrected chi connectivity index (χ2v) is 3.83. The molecule has 0 bridgehead atoms. The van der Waals surface area contributed by atoms with Crippen LogP contribution in [0.5, 0.6) is 6.01 Å². The molecule has 6 nitrogen and oxygen atoms in total. The first-order valence-electron chi connectivity index (χ1n) is 5.72. The third-order valence-electron chi connectivity index (χ3n) is 2.49. The Bertz CT molecular complexity index is 552. The van der Waals surface area contributed by atoms with Crippen LogP contribution in [0.4, 0.5) is 5.69 Å². The number of rotatable bonds is 5. The highest BCUT2D eigenvalue weighted by Crippen LogP contribution is 2.15. The smallest absolute Gasteiger partial charge is 0.294 e. The van der Waals surface area contributed by atoms with Crippen LogP contribution in [-0.4, -0.2) is 30.1 Å². The highest BCUT2D eigenvalue weighted by molar-refractivity contribution is 6.03. The molecule has 1 aromatic heterocycles. The summed E-state index contributed by atoms with van der Waals surface area (Å²) in [5.74, 6) is -0.308. The first-order chi connectivity index (χ1) is 9.24. The molecule has 2 N–H and O–H groups in total. The van der Waals surface area contributed by atoms with Gasteiger partial charge in [-0.15, -0.1) is 0 Å². The molecule has 0 unspecified atom stereocenters. The van der Waals surface area contributed by atoms with Crippen molar-refractivity contribution >= 4 is 11.6 Å². The fourth-order valence-electron chi connectivity index (χ4n) is 1.63. The largest absolute Gasteiger partial charge is 0.468 e. The summed E-state index contributed by atoms with van der Waals surface area (Å²) in [5, 5.41) is 2.76. The normalized spacial score (nSPS) is 10.2. The average Bonchev–Trinajstić information content (AvgIpc) is 2.84. The van der Waals surface area contributed by atoms with Crippen LogP contribution in [0.25, 0.3) is 0 Å². The van der Waals surface area contributed by atoms with E-state index in [2.05, 4.69) is 15.3 Å². The molecule has 6 heteroatoms. The number of H-pyrrole nitrogens is 1. The van der Waals surface area contributed by atoms with Gasteiger partial charge in [-0.3, -0.25) is 4.79 Å². The molecule has 0 radical (unpaired) electrons. The third-order valence-corrected chi connectivity index (χ3v) is 2.49. The van der Waals surface area contributed by atoms with E-state index in [0.717, 1.165) is 0 Å². The molecule has 1 amide bonds. The minimum atomic E-state index is -0.308. The number of benzene rings is 1. The van der Waals surface area contributed by atoms with Crippen molar-refractivity contribution in [3.05, 3.63) is 41.7 Å². The van der Waals surface area contributed by atoms with E-state index < -0.39 is 0 Å². The molecule has 0 aliphatic carbocycles. The summed E-state index contributed by atoms with van der Waals surface area (Å²) in [7, 11) is 3.03. The second kappa shape index (κ2) is 6.01. The number of imidazole rings is 1. The molecule has 0 atom stereocenters. The number of amides is 1. The summed E-state index contributed by atoms with van der Waals surface area (Å²) < 4.78 is 10.00. The number of para-hydroxylation sites is 1. The maximum Gasteiger partial charge on any atom is 0.294 e. The third kappa shape index (κ3) is 3.11. The van der Waals surface area contributed by atoms with Gasteiger partial charge in [0.25, 0.3) is 11.9 Å². The van der Waals surface area contributed by atoms with Gasteiger partial charge in [-0.05, 0) is 12.1 Å². The van der Waals surface area contributed by atoms with Gasteiger partial charge in [-0.25, -0.2) is 0 Å². The van der Waals surface area contributed by atoms with Gasteiger partial charge in [0.2, 0.25) is 0 Å². The number of methoxy groups -OCH3 is 2. The van der Waals surface area contributed by atoms with Crippen LogP contribution in [0.15, 0.2) is 30.3 Å². The van der Waals surface area contributed by atoms with Crippen molar-refractivity contribution < 1.29 is 14.3 Å². The quantitative estimate of drug-likeness (QED) is 0.860. The average molecular weight is 261 g/mol. The molecule has 0 aliphatic rings.